The molecule has 118 valence electrons. The molecule has 1 N–H and O–H groups in total. The van der Waals surface area contributed by atoms with Gasteiger partial charge in [0.25, 0.3) is 0 Å². The monoisotopic (exact) mass is 285 g/mol. The van der Waals surface area contributed by atoms with E-state index < -0.39 is 18.1 Å². The zero-order chi connectivity index (χ0) is 15.6. The highest BCUT2D eigenvalue weighted by Crippen LogP contribution is 2.18. The molecule has 4 heteroatoms. The number of aliphatic carboxylic acids is 1. The van der Waals surface area contributed by atoms with Crippen LogP contribution in [0.4, 0.5) is 0 Å². The average Bonchev–Trinajstić information content (AvgIpc) is 2.42. The Hall–Kier alpha value is -0.870. The van der Waals surface area contributed by atoms with Crippen molar-refractivity contribution in [2.24, 2.45) is 0 Å². The van der Waals surface area contributed by atoms with E-state index in [0.29, 0.717) is 30.5 Å². The van der Waals surface area contributed by atoms with Crippen molar-refractivity contribution in [3.05, 3.63) is 12.2 Å². The van der Waals surface area contributed by atoms with Crippen LogP contribution in [0.25, 0.3) is 0 Å². The number of unbranched alkanes of at least 4 members (excludes halogenated alkanes) is 2. The molecule has 0 spiro atoms. The molecule has 0 aromatic heterocycles. The number of hydrogen-bond donors (Lipinski definition) is 1. The number of likely N-dealkylation sites (N-methyl/N-ethyl adjacent to an activating group) is 1. The number of nitrogens with zero attached hydrogens (tertiary/aromatic N) is 1. The number of allylic oxidation sites excluding steroid dienone is 1. The van der Waals surface area contributed by atoms with Gasteiger partial charge in [-0.1, -0.05) is 38.8 Å². The molecule has 0 saturated heterocycles. The molecular formula is C16H31NO3. The maximum Gasteiger partial charge on any atom is 0.129 e. The molecule has 0 aromatic rings. The normalized spacial score (nSPS) is 15.4. The highest BCUT2D eigenvalue weighted by molar-refractivity contribution is 5.69. The van der Waals surface area contributed by atoms with Gasteiger partial charge in [0.1, 0.15) is 18.7 Å². The summed E-state index contributed by atoms with van der Waals surface area (Å²) in [7, 11) is 0. The van der Waals surface area contributed by atoms with Gasteiger partial charge >= 0.3 is 0 Å². The van der Waals surface area contributed by atoms with Crippen molar-refractivity contribution in [3.63, 3.8) is 0 Å². The number of aliphatic hydroxyl groups excluding tert-OH is 1. The van der Waals surface area contributed by atoms with E-state index in [-0.39, 0.29) is 0 Å². The highest BCUT2D eigenvalue weighted by atomic mass is 16.4. The molecule has 4 nitrogen and oxygen atoms in total. The fraction of sp³-hybridized carbons (Fsp3) is 0.812. The van der Waals surface area contributed by atoms with Crippen molar-refractivity contribution in [2.75, 3.05) is 19.6 Å². The summed E-state index contributed by atoms with van der Waals surface area (Å²) in [5.74, 6) is -1.02. The molecule has 0 fully saturated rings. The zero-order valence-corrected chi connectivity index (χ0v) is 13.5. The minimum absolute atomic E-state index is 0.373. The van der Waals surface area contributed by atoms with Gasteiger partial charge in [0.2, 0.25) is 0 Å². The van der Waals surface area contributed by atoms with Crippen LogP contribution < -0.4 is 5.11 Å². The summed E-state index contributed by atoms with van der Waals surface area (Å²) >= 11 is 0. The van der Waals surface area contributed by atoms with Crippen molar-refractivity contribution in [1.82, 2.24) is 0 Å². The second-order valence-corrected chi connectivity index (χ2v) is 5.41. The van der Waals surface area contributed by atoms with Crippen molar-refractivity contribution in [3.8, 4) is 0 Å². The van der Waals surface area contributed by atoms with E-state index in [4.69, 9.17) is 0 Å². The van der Waals surface area contributed by atoms with Crippen molar-refractivity contribution < 1.29 is 19.5 Å². The van der Waals surface area contributed by atoms with E-state index >= 15 is 0 Å². The van der Waals surface area contributed by atoms with E-state index in [1.54, 1.807) is 6.08 Å². The Morgan fingerprint density at radius 1 is 1.25 bits per heavy atom. The van der Waals surface area contributed by atoms with Crippen LogP contribution in [0.15, 0.2) is 12.2 Å². The van der Waals surface area contributed by atoms with Crippen molar-refractivity contribution >= 4 is 5.97 Å². The third-order valence-corrected chi connectivity index (χ3v) is 4.21. The number of carbonyl (C=O) groups excluding carboxylic acids is 1. The maximum atomic E-state index is 11.3. The van der Waals surface area contributed by atoms with E-state index in [9.17, 15) is 15.0 Å². The number of hydrogen-bond acceptors (Lipinski definition) is 3. The number of carboxylic acids is 1. The molecule has 0 aromatic carbocycles. The highest BCUT2D eigenvalue weighted by Gasteiger charge is 2.35. The van der Waals surface area contributed by atoms with E-state index in [1.807, 2.05) is 26.8 Å². The van der Waals surface area contributed by atoms with E-state index in [1.165, 1.54) is 0 Å². The van der Waals surface area contributed by atoms with Gasteiger partial charge in [0.05, 0.1) is 19.1 Å². The first-order valence-corrected chi connectivity index (χ1v) is 7.88. The van der Waals surface area contributed by atoms with E-state index in [2.05, 4.69) is 6.92 Å². The van der Waals surface area contributed by atoms with E-state index in [0.717, 1.165) is 19.3 Å². The molecule has 20 heavy (non-hydrogen) atoms. The van der Waals surface area contributed by atoms with Gasteiger partial charge in [-0.05, 0) is 20.3 Å². The maximum absolute atomic E-state index is 11.3. The van der Waals surface area contributed by atoms with Crippen LogP contribution in [0.5, 0.6) is 0 Å². The fourth-order valence-electron chi connectivity index (χ4n) is 2.84. The Bertz CT molecular complexity index is 298. The molecule has 0 rings (SSSR count). The van der Waals surface area contributed by atoms with Gasteiger partial charge in [-0.3, -0.25) is 0 Å². The first kappa shape index (κ1) is 19.1. The molecule has 0 heterocycles. The second-order valence-electron chi connectivity index (χ2n) is 5.41. The van der Waals surface area contributed by atoms with Crippen molar-refractivity contribution in [1.29, 1.82) is 0 Å². The molecule has 2 atom stereocenters. The van der Waals surface area contributed by atoms with Gasteiger partial charge in [0.15, 0.2) is 0 Å². The smallest absolute Gasteiger partial charge is 0.129 e. The summed E-state index contributed by atoms with van der Waals surface area (Å²) in [6, 6.07) is -0.552. The Kier molecular flexibility index (Phi) is 9.51. The predicted molar refractivity (Wildman–Crippen MR) is 80.0 cm³/mol. The van der Waals surface area contributed by atoms with Crippen LogP contribution in [-0.2, 0) is 4.79 Å². The molecule has 0 amide bonds. The molecule has 0 bridgehead atoms. The molecular weight excluding hydrogens is 254 g/mol. The number of rotatable bonds is 11. The number of carbonyl (C=O) groups is 1. The summed E-state index contributed by atoms with van der Waals surface area (Å²) in [4.78, 5) is 11.3. The summed E-state index contributed by atoms with van der Waals surface area (Å²) in [5.41, 5.74) is 0. The largest absolute Gasteiger partial charge is 0.544 e. The summed E-state index contributed by atoms with van der Waals surface area (Å²) in [6.07, 6.45) is 6.93. The lowest BCUT2D eigenvalue weighted by atomic mass is 10.1. The average molecular weight is 285 g/mol. The first-order chi connectivity index (χ1) is 9.47. The Morgan fingerprint density at radius 2 is 1.85 bits per heavy atom. The Morgan fingerprint density at radius 3 is 2.25 bits per heavy atom. The van der Waals surface area contributed by atoms with Crippen LogP contribution in [0.1, 0.15) is 53.4 Å². The van der Waals surface area contributed by atoms with Gasteiger partial charge < -0.3 is 19.5 Å². The molecule has 0 radical (unpaired) electrons. The molecule has 0 aliphatic heterocycles. The molecule has 0 saturated carbocycles. The number of quaternary nitrogens is 1. The number of carboxylic acid groups (broad SMARTS) is 1. The molecule has 0 aliphatic rings. The topological polar surface area (TPSA) is 60.4 Å². The fourth-order valence-corrected chi connectivity index (χ4v) is 2.84. The van der Waals surface area contributed by atoms with Gasteiger partial charge in [0, 0.05) is 6.42 Å². The van der Waals surface area contributed by atoms with Gasteiger partial charge in [-0.25, -0.2) is 0 Å². The summed E-state index contributed by atoms with van der Waals surface area (Å²) < 4.78 is 0.373. The lowest BCUT2D eigenvalue weighted by molar-refractivity contribution is -0.944. The second kappa shape index (κ2) is 9.94. The van der Waals surface area contributed by atoms with Crippen LogP contribution >= 0.6 is 0 Å². The van der Waals surface area contributed by atoms with Crippen LogP contribution in [0.2, 0.25) is 0 Å². The van der Waals surface area contributed by atoms with Crippen LogP contribution in [0, 0.1) is 0 Å². The van der Waals surface area contributed by atoms with Crippen LogP contribution in [-0.4, -0.2) is 47.3 Å². The third kappa shape index (κ3) is 5.63. The SMILES string of the molecule is CCCC/C=C/C(O)C[N+](CC)(CC)C(CC)C(=O)[O-]. The Labute approximate surface area is 123 Å². The van der Waals surface area contributed by atoms with Crippen LogP contribution in [0.3, 0.4) is 0 Å². The molecule has 0 aliphatic carbocycles. The predicted octanol–water partition coefficient (Wildman–Crippen LogP) is 1.48. The Balaban J connectivity index is 4.82. The standard InChI is InChI=1S/C16H31NO3/c1-5-9-10-11-12-14(18)13-17(7-3,8-4)15(6-2)16(19)20/h11-12,14-15,18H,5-10,13H2,1-4H3/b12-11+. The summed E-state index contributed by atoms with van der Waals surface area (Å²) in [5, 5.41) is 21.5. The summed E-state index contributed by atoms with van der Waals surface area (Å²) in [6.45, 7) is 9.74. The quantitative estimate of drug-likeness (QED) is 0.355. The van der Waals surface area contributed by atoms with Gasteiger partial charge in [-0.15, -0.1) is 0 Å². The number of aliphatic hydroxyl groups is 1. The first-order valence-electron chi connectivity index (χ1n) is 7.88. The zero-order valence-electron chi connectivity index (χ0n) is 13.5. The lowest BCUT2D eigenvalue weighted by Gasteiger charge is -2.44. The van der Waals surface area contributed by atoms with Crippen molar-refractivity contribution in [2.45, 2.75) is 65.5 Å². The minimum Gasteiger partial charge on any atom is -0.544 e. The lowest BCUT2D eigenvalue weighted by Crippen LogP contribution is -2.63. The van der Waals surface area contributed by atoms with Gasteiger partial charge in [-0.2, -0.15) is 0 Å². The minimum atomic E-state index is -1.02. The third-order valence-electron chi connectivity index (χ3n) is 4.21. The molecule has 2 unspecified atom stereocenters.